The molecular weight excluding hydrogens is 458 g/mol. The molecule has 1 unspecified atom stereocenters. The maximum Gasteiger partial charge on any atom is 0.255 e. The molecule has 1 N–H and O–H groups in total. The highest BCUT2D eigenvalue weighted by atomic mass is 16.5. The van der Waals surface area contributed by atoms with Crippen molar-refractivity contribution in [2.75, 3.05) is 34.3 Å². The summed E-state index contributed by atoms with van der Waals surface area (Å²) in [6.45, 7) is 1.68. The molecule has 0 saturated carbocycles. The van der Waals surface area contributed by atoms with Crippen LogP contribution in [0.3, 0.4) is 0 Å². The van der Waals surface area contributed by atoms with E-state index in [0.717, 1.165) is 30.6 Å². The van der Waals surface area contributed by atoms with Crippen molar-refractivity contribution in [3.63, 3.8) is 0 Å². The molecule has 1 aromatic carbocycles. The minimum atomic E-state index is -0.175. The molecule has 1 amide bonds. The molecule has 36 heavy (non-hydrogen) atoms. The monoisotopic (exact) mass is 483 g/mol. The number of furan rings is 1. The molecular formula is C27H25N5O4. The number of aromatic nitrogens is 2. The summed E-state index contributed by atoms with van der Waals surface area (Å²) < 4.78 is 17.8. The molecule has 0 radical (unpaired) electrons. The van der Waals surface area contributed by atoms with E-state index in [9.17, 15) is 10.1 Å². The predicted octanol–water partition coefficient (Wildman–Crippen LogP) is 3.88. The van der Waals surface area contributed by atoms with Crippen LogP contribution in [0.1, 0.15) is 22.3 Å². The van der Waals surface area contributed by atoms with E-state index in [1.54, 1.807) is 38.5 Å². The first-order valence-electron chi connectivity index (χ1n) is 11.5. The topological polar surface area (TPSA) is 114 Å². The highest BCUT2D eigenvalue weighted by Gasteiger charge is 2.21. The number of nitrogens with one attached hydrogen (secondary N) is 1. The molecule has 0 aliphatic carbocycles. The smallest absolute Gasteiger partial charge is 0.255 e. The zero-order valence-electron chi connectivity index (χ0n) is 20.2. The number of hydrogen-bond donors (Lipinski definition) is 1. The van der Waals surface area contributed by atoms with Gasteiger partial charge in [0.2, 0.25) is 0 Å². The Balaban J connectivity index is 1.53. The summed E-state index contributed by atoms with van der Waals surface area (Å²) in [4.78, 5) is 22.7. The number of nitriles is 1. The van der Waals surface area contributed by atoms with Crippen LogP contribution < -0.4 is 14.8 Å². The van der Waals surface area contributed by atoms with Crippen LogP contribution in [0, 0.1) is 11.3 Å². The highest BCUT2D eigenvalue weighted by Crippen LogP contribution is 2.37. The van der Waals surface area contributed by atoms with Gasteiger partial charge in [-0.15, -0.1) is 0 Å². The van der Waals surface area contributed by atoms with Crippen LogP contribution in [0.4, 0.5) is 0 Å². The molecule has 3 aromatic heterocycles. The Labute approximate surface area is 208 Å². The van der Waals surface area contributed by atoms with Gasteiger partial charge in [-0.25, -0.2) is 4.98 Å². The van der Waals surface area contributed by atoms with Crippen LogP contribution in [0.15, 0.2) is 53.2 Å². The molecule has 4 heterocycles. The van der Waals surface area contributed by atoms with Crippen molar-refractivity contribution in [2.24, 2.45) is 0 Å². The molecule has 1 aliphatic heterocycles. The zero-order valence-corrected chi connectivity index (χ0v) is 20.2. The van der Waals surface area contributed by atoms with Gasteiger partial charge in [-0.1, -0.05) is 6.07 Å². The van der Waals surface area contributed by atoms with Gasteiger partial charge in [0.1, 0.15) is 34.9 Å². The van der Waals surface area contributed by atoms with Crippen molar-refractivity contribution in [2.45, 2.75) is 12.5 Å². The van der Waals surface area contributed by atoms with Gasteiger partial charge in [0, 0.05) is 44.7 Å². The Morgan fingerprint density at radius 2 is 2.06 bits per heavy atom. The van der Waals surface area contributed by atoms with Crippen LogP contribution >= 0.6 is 0 Å². The minimum absolute atomic E-state index is 0.0603. The van der Waals surface area contributed by atoms with E-state index in [-0.39, 0.29) is 12.0 Å². The molecule has 1 fully saturated rings. The first kappa shape index (κ1) is 23.3. The number of pyridine rings is 2. The average Bonchev–Trinajstić information content (AvgIpc) is 3.57. The van der Waals surface area contributed by atoms with Crippen LogP contribution in [0.2, 0.25) is 0 Å². The van der Waals surface area contributed by atoms with Gasteiger partial charge in [0.25, 0.3) is 5.91 Å². The molecule has 1 aliphatic rings. The Hall–Kier alpha value is -4.42. The van der Waals surface area contributed by atoms with Crippen molar-refractivity contribution < 1.29 is 18.7 Å². The standard InChI is InChI=1S/C27H25N5O4/c1-32(2)27(33)18-11-23(34-3)25(31-14-18)24-12-21-26(36-24)20(7-9-30-21)16-4-5-22(17(10-16)13-28)35-19-6-8-29-15-19/h4-5,7,9-12,14,19,29H,6,8,15H2,1-3H3. The second-order valence-electron chi connectivity index (χ2n) is 8.71. The molecule has 1 atom stereocenters. The van der Waals surface area contributed by atoms with E-state index in [2.05, 4.69) is 21.4 Å². The summed E-state index contributed by atoms with van der Waals surface area (Å²) in [5.41, 5.74) is 4.12. The molecule has 0 bridgehead atoms. The fourth-order valence-corrected chi connectivity index (χ4v) is 4.24. The number of carbonyl (C=O) groups is 1. The van der Waals surface area contributed by atoms with E-state index in [4.69, 9.17) is 13.9 Å². The molecule has 1 saturated heterocycles. The summed E-state index contributed by atoms with van der Waals surface area (Å²) in [7, 11) is 4.88. The van der Waals surface area contributed by atoms with Gasteiger partial charge in [-0.05, 0) is 42.8 Å². The Morgan fingerprint density at radius 1 is 1.19 bits per heavy atom. The maximum atomic E-state index is 12.3. The molecule has 9 heteroatoms. The molecule has 9 nitrogen and oxygen atoms in total. The largest absolute Gasteiger partial charge is 0.494 e. The number of carbonyl (C=O) groups excluding carboxylic acids is 1. The number of ether oxygens (including phenoxy) is 2. The van der Waals surface area contributed by atoms with E-state index in [0.29, 0.717) is 45.2 Å². The fourth-order valence-electron chi connectivity index (χ4n) is 4.24. The summed E-state index contributed by atoms with van der Waals surface area (Å²) in [5.74, 6) is 1.27. The summed E-state index contributed by atoms with van der Waals surface area (Å²) in [6.07, 6.45) is 4.17. The summed E-state index contributed by atoms with van der Waals surface area (Å²) >= 11 is 0. The normalized spacial score (nSPS) is 15.0. The molecule has 182 valence electrons. The number of benzene rings is 1. The lowest BCUT2D eigenvalue weighted by Crippen LogP contribution is -2.21. The second kappa shape index (κ2) is 9.68. The van der Waals surface area contributed by atoms with Crippen molar-refractivity contribution in [1.29, 1.82) is 5.26 Å². The van der Waals surface area contributed by atoms with Crippen LogP contribution in [-0.2, 0) is 0 Å². The SMILES string of the molecule is COc1cc(C(=O)N(C)C)cnc1-c1cc2nccc(-c3ccc(OC4CCNC4)c(C#N)c3)c2o1. The summed E-state index contributed by atoms with van der Waals surface area (Å²) in [6, 6.07) is 13.1. The number of rotatable bonds is 6. The van der Waals surface area contributed by atoms with Gasteiger partial charge < -0.3 is 24.1 Å². The average molecular weight is 484 g/mol. The minimum Gasteiger partial charge on any atom is -0.494 e. The van der Waals surface area contributed by atoms with E-state index >= 15 is 0 Å². The predicted molar refractivity (Wildman–Crippen MR) is 134 cm³/mol. The Morgan fingerprint density at radius 3 is 2.78 bits per heavy atom. The van der Waals surface area contributed by atoms with Crippen LogP contribution in [0.5, 0.6) is 11.5 Å². The lowest BCUT2D eigenvalue weighted by Gasteiger charge is -2.14. The number of nitrogens with zero attached hydrogens (tertiary/aromatic N) is 4. The van der Waals surface area contributed by atoms with E-state index in [1.807, 2.05) is 18.2 Å². The van der Waals surface area contributed by atoms with Crippen molar-refractivity contribution in [3.05, 3.63) is 59.9 Å². The van der Waals surface area contributed by atoms with Crippen LogP contribution in [-0.4, -0.2) is 61.2 Å². The first-order chi connectivity index (χ1) is 17.5. The zero-order chi connectivity index (χ0) is 25.2. The van der Waals surface area contributed by atoms with Gasteiger partial charge in [-0.3, -0.25) is 9.78 Å². The van der Waals surface area contributed by atoms with Gasteiger partial charge >= 0.3 is 0 Å². The Bertz CT molecular complexity index is 1480. The quantitative estimate of drug-likeness (QED) is 0.440. The fraction of sp³-hybridized carbons (Fsp3) is 0.259. The third kappa shape index (κ3) is 4.34. The van der Waals surface area contributed by atoms with Crippen LogP contribution in [0.25, 0.3) is 33.7 Å². The number of fused-ring (bicyclic) bond motifs is 1. The van der Waals surface area contributed by atoms with Crippen molar-refractivity contribution >= 4 is 17.0 Å². The second-order valence-corrected chi connectivity index (χ2v) is 8.71. The lowest BCUT2D eigenvalue weighted by atomic mass is 10.0. The number of hydrogen-bond acceptors (Lipinski definition) is 8. The van der Waals surface area contributed by atoms with Crippen molar-refractivity contribution in [1.82, 2.24) is 20.2 Å². The molecule has 5 rings (SSSR count). The third-order valence-electron chi connectivity index (χ3n) is 6.09. The first-order valence-corrected chi connectivity index (χ1v) is 11.5. The van der Waals surface area contributed by atoms with Crippen molar-refractivity contribution in [3.8, 4) is 40.1 Å². The lowest BCUT2D eigenvalue weighted by molar-refractivity contribution is 0.0827. The van der Waals surface area contributed by atoms with E-state index in [1.165, 1.54) is 18.2 Å². The molecule has 0 spiro atoms. The third-order valence-corrected chi connectivity index (χ3v) is 6.09. The van der Waals surface area contributed by atoms with E-state index < -0.39 is 0 Å². The number of methoxy groups -OCH3 is 1. The van der Waals surface area contributed by atoms with Gasteiger partial charge in [-0.2, -0.15) is 5.26 Å². The maximum absolute atomic E-state index is 12.3. The summed E-state index contributed by atoms with van der Waals surface area (Å²) in [5, 5.41) is 13.0. The highest BCUT2D eigenvalue weighted by molar-refractivity contribution is 5.95. The van der Waals surface area contributed by atoms with Gasteiger partial charge in [0.05, 0.1) is 18.2 Å². The van der Waals surface area contributed by atoms with Gasteiger partial charge in [0.15, 0.2) is 11.3 Å². The Kier molecular flexibility index (Phi) is 6.27. The number of amides is 1. The molecule has 4 aromatic rings.